The number of piperidine rings is 2. The zero-order valence-corrected chi connectivity index (χ0v) is 10.5. The predicted molar refractivity (Wildman–Crippen MR) is 68.9 cm³/mol. The molecule has 96 valence electrons. The number of carbonyl (C=O) groups is 1. The third-order valence-electron chi connectivity index (χ3n) is 4.14. The van der Waals surface area contributed by atoms with Crippen molar-refractivity contribution >= 4 is 5.97 Å². The average Bonchev–Trinajstić information content (AvgIpc) is 2.47. The lowest BCUT2D eigenvalue weighted by Gasteiger charge is -2.42. The average molecular weight is 245 g/mol. The number of benzene rings is 1. The van der Waals surface area contributed by atoms with Crippen molar-refractivity contribution in [3.63, 3.8) is 0 Å². The maximum atomic E-state index is 12.1. The summed E-state index contributed by atoms with van der Waals surface area (Å²) in [6.07, 6.45) is 4.77. The molecule has 1 aromatic carbocycles. The molecule has 1 saturated carbocycles. The van der Waals surface area contributed by atoms with E-state index in [1.165, 1.54) is 25.7 Å². The molecule has 2 aliphatic heterocycles. The van der Waals surface area contributed by atoms with Gasteiger partial charge in [0.25, 0.3) is 0 Å². The van der Waals surface area contributed by atoms with Gasteiger partial charge >= 0.3 is 5.97 Å². The molecule has 3 nitrogen and oxygen atoms in total. The second kappa shape index (κ2) is 5.11. The molecule has 18 heavy (non-hydrogen) atoms. The van der Waals surface area contributed by atoms with Crippen molar-refractivity contribution in [2.45, 2.75) is 44.4 Å². The molecule has 3 fully saturated rings. The van der Waals surface area contributed by atoms with E-state index in [1.807, 2.05) is 30.3 Å². The van der Waals surface area contributed by atoms with Gasteiger partial charge < -0.3 is 10.1 Å². The van der Waals surface area contributed by atoms with Crippen molar-refractivity contribution < 1.29 is 9.53 Å². The van der Waals surface area contributed by atoms with Gasteiger partial charge in [0.05, 0.1) is 0 Å². The molecule has 0 unspecified atom stereocenters. The van der Waals surface area contributed by atoms with Crippen molar-refractivity contribution in [1.82, 2.24) is 5.32 Å². The Morgan fingerprint density at radius 3 is 2.50 bits per heavy atom. The number of fused-ring (bicyclic) bond motifs is 3. The maximum absolute atomic E-state index is 12.1. The minimum atomic E-state index is -0.0757. The molecule has 2 saturated heterocycles. The minimum absolute atomic E-state index is 0.0683. The Kier molecular flexibility index (Phi) is 3.33. The molecule has 3 aliphatic rings. The first-order valence-corrected chi connectivity index (χ1v) is 6.79. The zero-order valence-electron chi connectivity index (χ0n) is 10.5. The molecule has 2 heterocycles. The summed E-state index contributed by atoms with van der Waals surface area (Å²) < 4.78 is 5.42. The first-order chi connectivity index (χ1) is 8.83. The topological polar surface area (TPSA) is 38.3 Å². The molecule has 3 heteroatoms. The maximum Gasteiger partial charge on any atom is 0.323 e. The molecule has 0 aromatic heterocycles. The Bertz CT molecular complexity index is 410. The van der Waals surface area contributed by atoms with Gasteiger partial charge in [0.15, 0.2) is 0 Å². The van der Waals surface area contributed by atoms with Gasteiger partial charge in [-0.25, -0.2) is 0 Å². The van der Waals surface area contributed by atoms with Crippen molar-refractivity contribution in [3.05, 3.63) is 35.9 Å². The fourth-order valence-electron chi connectivity index (χ4n) is 3.09. The van der Waals surface area contributed by atoms with Crippen LogP contribution < -0.4 is 5.32 Å². The third kappa shape index (κ3) is 2.41. The monoisotopic (exact) mass is 245 g/mol. The first kappa shape index (κ1) is 11.7. The van der Waals surface area contributed by atoms with Gasteiger partial charge in [-0.15, -0.1) is 0 Å². The number of nitrogens with one attached hydrogen (secondary N) is 1. The molecular weight excluding hydrogens is 226 g/mol. The van der Waals surface area contributed by atoms with Crippen molar-refractivity contribution in [1.29, 1.82) is 0 Å². The van der Waals surface area contributed by atoms with E-state index in [-0.39, 0.29) is 12.0 Å². The van der Waals surface area contributed by atoms with Crippen LogP contribution in [-0.2, 0) is 16.1 Å². The Morgan fingerprint density at radius 2 is 1.89 bits per heavy atom. The van der Waals surface area contributed by atoms with Crippen LogP contribution in [0.3, 0.4) is 0 Å². The fraction of sp³-hybridized carbons (Fsp3) is 0.533. The number of hydrogen-bond donors (Lipinski definition) is 1. The fourth-order valence-corrected chi connectivity index (χ4v) is 3.09. The minimum Gasteiger partial charge on any atom is -0.460 e. The van der Waals surface area contributed by atoms with Gasteiger partial charge in [0.1, 0.15) is 12.6 Å². The summed E-state index contributed by atoms with van der Waals surface area (Å²) >= 11 is 0. The molecule has 0 spiro atoms. The van der Waals surface area contributed by atoms with Gasteiger partial charge in [0, 0.05) is 6.04 Å². The SMILES string of the molecule is O=C(OCc1ccccc1)[C@H]1NC2CCC1CC2. The van der Waals surface area contributed by atoms with Gasteiger partial charge in [-0.2, -0.15) is 0 Å². The van der Waals surface area contributed by atoms with E-state index >= 15 is 0 Å². The summed E-state index contributed by atoms with van der Waals surface area (Å²) in [5.41, 5.74) is 1.05. The van der Waals surface area contributed by atoms with Crippen molar-refractivity contribution in [2.24, 2.45) is 5.92 Å². The van der Waals surface area contributed by atoms with Crippen molar-refractivity contribution in [2.75, 3.05) is 0 Å². The van der Waals surface area contributed by atoms with Crippen LogP contribution in [0.25, 0.3) is 0 Å². The standard InChI is InChI=1S/C15H19NO2/c17-15(18-10-11-4-2-1-3-5-11)14-12-6-8-13(16-14)9-7-12/h1-5,12-14,16H,6-10H2/t12?,13?,14-/m0/s1. The lowest BCUT2D eigenvalue weighted by Crippen LogP contribution is -2.56. The number of esters is 1. The quantitative estimate of drug-likeness (QED) is 0.830. The highest BCUT2D eigenvalue weighted by Gasteiger charge is 2.39. The molecule has 0 radical (unpaired) electrons. The van der Waals surface area contributed by atoms with Crippen LogP contribution in [0.15, 0.2) is 30.3 Å². The number of carbonyl (C=O) groups excluding carboxylic acids is 1. The van der Waals surface area contributed by atoms with Crippen LogP contribution >= 0.6 is 0 Å². The largest absolute Gasteiger partial charge is 0.460 e. The van der Waals surface area contributed by atoms with Crippen LogP contribution in [0.4, 0.5) is 0 Å². The molecule has 0 amide bonds. The summed E-state index contributed by atoms with van der Waals surface area (Å²) in [6.45, 7) is 0.384. The molecule has 2 bridgehead atoms. The molecule has 1 aromatic rings. The highest BCUT2D eigenvalue weighted by Crippen LogP contribution is 2.33. The van der Waals surface area contributed by atoms with Crippen molar-refractivity contribution in [3.8, 4) is 0 Å². The van der Waals surface area contributed by atoms with Crippen LogP contribution in [-0.4, -0.2) is 18.1 Å². The van der Waals surface area contributed by atoms with Crippen LogP contribution in [0, 0.1) is 5.92 Å². The Hall–Kier alpha value is -1.35. The third-order valence-corrected chi connectivity index (χ3v) is 4.14. The molecule has 1 aliphatic carbocycles. The second-order valence-corrected chi connectivity index (χ2v) is 5.35. The van der Waals surface area contributed by atoms with E-state index in [0.717, 1.165) is 5.56 Å². The number of rotatable bonds is 3. The summed E-state index contributed by atoms with van der Waals surface area (Å²) in [6, 6.07) is 10.3. The van der Waals surface area contributed by atoms with E-state index in [0.29, 0.717) is 18.6 Å². The summed E-state index contributed by atoms with van der Waals surface area (Å²) in [4.78, 5) is 12.1. The van der Waals surface area contributed by atoms with E-state index in [2.05, 4.69) is 5.32 Å². The summed E-state index contributed by atoms with van der Waals surface area (Å²) in [5.74, 6) is 0.409. The smallest absolute Gasteiger partial charge is 0.323 e. The molecule has 1 N–H and O–H groups in total. The summed E-state index contributed by atoms with van der Waals surface area (Å²) in [5, 5.41) is 3.41. The van der Waals surface area contributed by atoms with E-state index in [4.69, 9.17) is 4.74 Å². The number of ether oxygens (including phenoxy) is 1. The van der Waals surface area contributed by atoms with E-state index in [1.54, 1.807) is 0 Å². The van der Waals surface area contributed by atoms with Gasteiger partial charge in [-0.3, -0.25) is 4.79 Å². The molecule has 4 rings (SSSR count). The highest BCUT2D eigenvalue weighted by molar-refractivity contribution is 5.76. The lowest BCUT2D eigenvalue weighted by atomic mass is 9.76. The molecule has 1 atom stereocenters. The lowest BCUT2D eigenvalue weighted by molar-refractivity contribution is -0.151. The zero-order chi connectivity index (χ0) is 12.4. The Balaban J connectivity index is 1.56. The number of hydrogen-bond acceptors (Lipinski definition) is 3. The first-order valence-electron chi connectivity index (χ1n) is 6.79. The molecular formula is C15H19NO2. The van der Waals surface area contributed by atoms with Crippen LogP contribution in [0.5, 0.6) is 0 Å². The normalized spacial score (nSPS) is 30.1. The van der Waals surface area contributed by atoms with Gasteiger partial charge in [-0.05, 0) is 37.2 Å². The summed E-state index contributed by atoms with van der Waals surface area (Å²) in [7, 11) is 0. The second-order valence-electron chi connectivity index (χ2n) is 5.35. The van der Waals surface area contributed by atoms with Gasteiger partial charge in [-0.1, -0.05) is 30.3 Å². The van der Waals surface area contributed by atoms with E-state index in [9.17, 15) is 4.79 Å². The Morgan fingerprint density at radius 1 is 1.17 bits per heavy atom. The predicted octanol–water partition coefficient (Wildman–Crippen LogP) is 2.26. The highest BCUT2D eigenvalue weighted by atomic mass is 16.5. The van der Waals surface area contributed by atoms with Crippen LogP contribution in [0.2, 0.25) is 0 Å². The van der Waals surface area contributed by atoms with E-state index < -0.39 is 0 Å². The Labute approximate surface area is 108 Å². The van der Waals surface area contributed by atoms with Crippen LogP contribution in [0.1, 0.15) is 31.2 Å². The van der Waals surface area contributed by atoms with Gasteiger partial charge in [0.2, 0.25) is 0 Å².